The van der Waals surface area contributed by atoms with Crippen LogP contribution in [-0.4, -0.2) is 37.0 Å². The summed E-state index contributed by atoms with van der Waals surface area (Å²) in [6, 6.07) is 13.1. The third-order valence-corrected chi connectivity index (χ3v) is 6.32. The molecule has 0 radical (unpaired) electrons. The average molecular weight is 381 g/mol. The van der Waals surface area contributed by atoms with Crippen LogP contribution in [0.5, 0.6) is 0 Å². The van der Waals surface area contributed by atoms with E-state index >= 15 is 0 Å². The van der Waals surface area contributed by atoms with Crippen LogP contribution in [0.1, 0.15) is 48.1 Å². The lowest BCUT2D eigenvalue weighted by molar-refractivity contribution is -0.109. The molecule has 150 valence electrons. The van der Waals surface area contributed by atoms with Gasteiger partial charge in [-0.05, 0) is 57.4 Å². The number of hydrogen-bond donors (Lipinski definition) is 1. The molecule has 2 aromatic rings. The van der Waals surface area contributed by atoms with E-state index in [1.165, 1.54) is 22.4 Å². The number of nitrogens with zero attached hydrogens (tertiary/aromatic N) is 1. The number of hydrogen-bond acceptors (Lipinski definition) is 4. The van der Waals surface area contributed by atoms with Gasteiger partial charge in [0.05, 0.1) is 12.2 Å². The Hall–Kier alpha value is -1.75. The highest BCUT2D eigenvalue weighted by atomic mass is 16.6. The zero-order valence-corrected chi connectivity index (χ0v) is 17.2. The van der Waals surface area contributed by atoms with E-state index in [0.717, 1.165) is 58.6 Å². The Morgan fingerprint density at radius 2 is 1.93 bits per heavy atom. The molecule has 2 aliphatic rings. The molecule has 0 amide bonds. The van der Waals surface area contributed by atoms with Crippen molar-refractivity contribution in [3.8, 4) is 0 Å². The fourth-order valence-corrected chi connectivity index (χ4v) is 5.03. The molecule has 1 aromatic heterocycles. The molecule has 0 unspecified atom stereocenters. The van der Waals surface area contributed by atoms with Gasteiger partial charge in [-0.25, -0.2) is 0 Å². The van der Waals surface area contributed by atoms with Crippen molar-refractivity contribution in [3.05, 3.63) is 65.0 Å². The molecule has 1 spiro atoms. The van der Waals surface area contributed by atoms with Gasteiger partial charge >= 0.3 is 0 Å². The first-order valence-electron chi connectivity index (χ1n) is 10.5. The first-order valence-corrected chi connectivity index (χ1v) is 10.5. The van der Waals surface area contributed by atoms with Gasteiger partial charge < -0.3 is 14.8 Å². The lowest BCUT2D eigenvalue weighted by Crippen LogP contribution is -2.49. The van der Waals surface area contributed by atoms with Crippen molar-refractivity contribution in [2.45, 2.75) is 57.1 Å². The fourth-order valence-electron chi connectivity index (χ4n) is 5.03. The molecule has 0 bridgehead atoms. The SMILES string of the molecule is Cc1cc(C)cc(CNCC[C@@]2(c3ccccn3)CCO[C@]3(CCOC3)C2)c1. The number of aryl methyl sites for hydroxylation is 2. The molecule has 1 aromatic carbocycles. The Labute approximate surface area is 168 Å². The summed E-state index contributed by atoms with van der Waals surface area (Å²) in [7, 11) is 0. The van der Waals surface area contributed by atoms with E-state index in [4.69, 9.17) is 14.5 Å². The van der Waals surface area contributed by atoms with Gasteiger partial charge in [-0.1, -0.05) is 35.4 Å². The minimum atomic E-state index is -0.122. The molecular formula is C24H32N2O2. The number of rotatable bonds is 6. The highest BCUT2D eigenvalue weighted by molar-refractivity contribution is 5.28. The summed E-state index contributed by atoms with van der Waals surface area (Å²) >= 11 is 0. The van der Waals surface area contributed by atoms with E-state index in [-0.39, 0.29) is 11.0 Å². The monoisotopic (exact) mass is 380 g/mol. The van der Waals surface area contributed by atoms with Crippen molar-refractivity contribution >= 4 is 0 Å². The number of benzene rings is 1. The number of pyridine rings is 1. The van der Waals surface area contributed by atoms with Gasteiger partial charge in [0, 0.05) is 43.5 Å². The van der Waals surface area contributed by atoms with Gasteiger partial charge in [-0.15, -0.1) is 0 Å². The molecule has 4 rings (SSSR count). The summed E-state index contributed by atoms with van der Waals surface area (Å²) in [4.78, 5) is 4.77. The maximum absolute atomic E-state index is 6.23. The summed E-state index contributed by atoms with van der Waals surface area (Å²) in [5, 5.41) is 3.68. The predicted molar refractivity (Wildman–Crippen MR) is 112 cm³/mol. The van der Waals surface area contributed by atoms with Crippen molar-refractivity contribution in [2.24, 2.45) is 0 Å². The Kier molecular flexibility index (Phi) is 5.81. The Balaban J connectivity index is 1.45. The standard InChI is InChI=1S/C24H32N2O2/c1-19-13-20(2)15-21(14-19)16-25-10-6-23(22-5-3-4-9-26-22)7-12-28-24(17-23)8-11-27-18-24/h3-5,9,13-15,25H,6-8,10-12,16-18H2,1-2H3/t23-,24-/m1/s1. The van der Waals surface area contributed by atoms with Gasteiger partial charge in [-0.3, -0.25) is 4.98 Å². The summed E-state index contributed by atoms with van der Waals surface area (Å²) in [5.41, 5.74) is 5.16. The third-order valence-electron chi connectivity index (χ3n) is 6.32. The minimum absolute atomic E-state index is 0.0583. The van der Waals surface area contributed by atoms with Crippen molar-refractivity contribution in [1.82, 2.24) is 10.3 Å². The Morgan fingerprint density at radius 3 is 2.64 bits per heavy atom. The van der Waals surface area contributed by atoms with E-state index in [1.807, 2.05) is 12.3 Å². The molecule has 2 fully saturated rings. The zero-order chi connectivity index (χ0) is 19.5. The normalized spacial score (nSPS) is 27.4. The van der Waals surface area contributed by atoms with Crippen LogP contribution in [0.2, 0.25) is 0 Å². The van der Waals surface area contributed by atoms with Crippen molar-refractivity contribution in [1.29, 1.82) is 0 Å². The Bertz CT molecular complexity index is 766. The van der Waals surface area contributed by atoms with E-state index in [9.17, 15) is 0 Å². The second-order valence-electron chi connectivity index (χ2n) is 8.68. The minimum Gasteiger partial charge on any atom is -0.378 e. The lowest BCUT2D eigenvalue weighted by atomic mass is 9.68. The average Bonchev–Trinajstić information content (AvgIpc) is 3.13. The van der Waals surface area contributed by atoms with E-state index < -0.39 is 0 Å². The fraction of sp³-hybridized carbons (Fsp3) is 0.542. The molecule has 28 heavy (non-hydrogen) atoms. The van der Waals surface area contributed by atoms with Crippen molar-refractivity contribution < 1.29 is 9.47 Å². The molecule has 1 N–H and O–H groups in total. The van der Waals surface area contributed by atoms with Crippen LogP contribution in [0.3, 0.4) is 0 Å². The van der Waals surface area contributed by atoms with Crippen LogP contribution in [0.4, 0.5) is 0 Å². The summed E-state index contributed by atoms with van der Waals surface area (Å²) < 4.78 is 11.9. The number of nitrogens with one attached hydrogen (secondary N) is 1. The maximum Gasteiger partial charge on any atom is 0.0945 e. The van der Waals surface area contributed by atoms with Gasteiger partial charge in [0.2, 0.25) is 0 Å². The van der Waals surface area contributed by atoms with Crippen LogP contribution in [0, 0.1) is 13.8 Å². The summed E-state index contributed by atoms with van der Waals surface area (Å²) in [6.45, 7) is 8.53. The third kappa shape index (κ3) is 4.29. The molecule has 0 aliphatic carbocycles. The van der Waals surface area contributed by atoms with Crippen LogP contribution in [0.15, 0.2) is 42.6 Å². The van der Waals surface area contributed by atoms with Crippen LogP contribution >= 0.6 is 0 Å². The van der Waals surface area contributed by atoms with Gasteiger partial charge in [0.1, 0.15) is 0 Å². The maximum atomic E-state index is 6.23. The quantitative estimate of drug-likeness (QED) is 0.767. The molecule has 4 nitrogen and oxygen atoms in total. The molecule has 2 saturated heterocycles. The van der Waals surface area contributed by atoms with Crippen molar-refractivity contribution in [2.75, 3.05) is 26.4 Å². The van der Waals surface area contributed by atoms with Crippen LogP contribution < -0.4 is 5.32 Å². The van der Waals surface area contributed by atoms with E-state index in [2.05, 4.69) is 49.5 Å². The van der Waals surface area contributed by atoms with Crippen molar-refractivity contribution in [3.63, 3.8) is 0 Å². The van der Waals surface area contributed by atoms with Gasteiger partial charge in [-0.2, -0.15) is 0 Å². The molecule has 4 heteroatoms. The van der Waals surface area contributed by atoms with Gasteiger partial charge in [0.15, 0.2) is 0 Å². The van der Waals surface area contributed by atoms with E-state index in [1.54, 1.807) is 0 Å². The highest BCUT2D eigenvalue weighted by Gasteiger charge is 2.49. The second kappa shape index (κ2) is 8.32. The largest absolute Gasteiger partial charge is 0.378 e. The van der Waals surface area contributed by atoms with Crippen LogP contribution in [0.25, 0.3) is 0 Å². The molecule has 2 atom stereocenters. The Morgan fingerprint density at radius 1 is 1.07 bits per heavy atom. The topological polar surface area (TPSA) is 43.4 Å². The lowest BCUT2D eigenvalue weighted by Gasteiger charge is -2.45. The molecule has 3 heterocycles. The molecule has 0 saturated carbocycles. The molecule has 2 aliphatic heterocycles. The van der Waals surface area contributed by atoms with Gasteiger partial charge in [0.25, 0.3) is 0 Å². The highest BCUT2D eigenvalue weighted by Crippen LogP contribution is 2.46. The number of aromatic nitrogens is 1. The summed E-state index contributed by atoms with van der Waals surface area (Å²) in [6.07, 6.45) is 6.02. The summed E-state index contributed by atoms with van der Waals surface area (Å²) in [5.74, 6) is 0. The molecular weight excluding hydrogens is 348 g/mol. The predicted octanol–water partition coefficient (Wildman–Crippen LogP) is 4.09. The first-order chi connectivity index (χ1) is 13.6. The second-order valence-corrected chi connectivity index (χ2v) is 8.68. The van der Waals surface area contributed by atoms with Crippen LogP contribution in [-0.2, 0) is 21.4 Å². The zero-order valence-electron chi connectivity index (χ0n) is 17.2. The number of ether oxygens (including phenoxy) is 2. The first kappa shape index (κ1) is 19.6. The van der Waals surface area contributed by atoms with E-state index in [0.29, 0.717) is 0 Å². The smallest absolute Gasteiger partial charge is 0.0945 e.